The molecule has 4 fully saturated rings. The first kappa shape index (κ1) is 22.7. The first-order chi connectivity index (χ1) is 18.9. The fourth-order valence-corrected chi connectivity index (χ4v) is 7.19. The molecule has 4 heterocycles. The third-order valence-corrected chi connectivity index (χ3v) is 9.25. The standard InChI is InChI=1S/C32H38N6/c1-2-12-24-23(11-1)25(33-27-29(35-15-3-4-16-35)30(27)36-17-5-6-18-36)13-14-26(24)34-28-31(37-19-7-8-20-37)32(28)38-21-9-10-22-38/h1-2,11-14H,3-10,15-22H2. The van der Waals surface area contributed by atoms with E-state index in [0.717, 1.165) is 11.4 Å². The van der Waals surface area contributed by atoms with Gasteiger partial charge in [-0.3, -0.25) is 0 Å². The van der Waals surface area contributed by atoms with Crippen molar-refractivity contribution < 1.29 is 0 Å². The fraction of sp³-hybridized carbons (Fsp3) is 0.500. The van der Waals surface area contributed by atoms with Gasteiger partial charge in [-0.1, -0.05) is 24.3 Å². The van der Waals surface area contributed by atoms with Gasteiger partial charge in [0.1, 0.15) is 10.7 Å². The number of fused-ring (bicyclic) bond motifs is 1. The van der Waals surface area contributed by atoms with Gasteiger partial charge in [0.15, 0.2) is 0 Å². The van der Waals surface area contributed by atoms with Crippen molar-refractivity contribution in [2.75, 3.05) is 72.0 Å². The zero-order chi connectivity index (χ0) is 25.1. The lowest BCUT2D eigenvalue weighted by atomic mass is 10.1. The summed E-state index contributed by atoms with van der Waals surface area (Å²) in [6, 6.07) is 13.2. The smallest absolute Gasteiger partial charge is 0.115 e. The van der Waals surface area contributed by atoms with Crippen molar-refractivity contribution in [3.8, 4) is 0 Å². The Labute approximate surface area is 225 Å². The van der Waals surface area contributed by atoms with Crippen LogP contribution in [0.25, 0.3) is 10.8 Å². The molecule has 4 aromatic rings. The van der Waals surface area contributed by atoms with Crippen molar-refractivity contribution in [2.24, 2.45) is 9.98 Å². The summed E-state index contributed by atoms with van der Waals surface area (Å²) in [5.74, 6) is 0. The number of rotatable bonds is 6. The Morgan fingerprint density at radius 1 is 0.395 bits per heavy atom. The van der Waals surface area contributed by atoms with E-state index in [1.807, 2.05) is 0 Å². The van der Waals surface area contributed by atoms with Gasteiger partial charge in [0.2, 0.25) is 0 Å². The minimum absolute atomic E-state index is 1.08. The minimum Gasteiger partial charge on any atom is -0.368 e. The Balaban J connectivity index is 1.20. The van der Waals surface area contributed by atoms with Crippen LogP contribution in [-0.2, 0) is 0 Å². The Kier molecular flexibility index (Phi) is 5.48. The van der Waals surface area contributed by atoms with E-state index >= 15 is 0 Å². The average Bonchev–Trinajstić information content (AvgIpc) is 3.52. The van der Waals surface area contributed by atoms with Gasteiger partial charge in [-0.25, -0.2) is 9.98 Å². The number of hydrogen-bond donors (Lipinski definition) is 0. The van der Waals surface area contributed by atoms with E-state index in [2.05, 4.69) is 56.0 Å². The molecular formula is C32H38N6. The van der Waals surface area contributed by atoms with E-state index in [1.165, 1.54) is 148 Å². The second-order valence-electron chi connectivity index (χ2n) is 11.7. The summed E-state index contributed by atoms with van der Waals surface area (Å²) < 4.78 is 0. The predicted molar refractivity (Wildman–Crippen MR) is 158 cm³/mol. The molecule has 196 valence electrons. The molecule has 0 unspecified atom stereocenters. The van der Waals surface area contributed by atoms with Crippen molar-refractivity contribution >= 4 is 44.9 Å². The monoisotopic (exact) mass is 506 g/mol. The second kappa shape index (κ2) is 9.18. The summed E-state index contributed by atoms with van der Waals surface area (Å²) in [7, 11) is 0. The highest BCUT2D eigenvalue weighted by Gasteiger charge is 2.34. The molecule has 0 N–H and O–H groups in total. The largest absolute Gasteiger partial charge is 0.368 e. The molecule has 6 nitrogen and oxygen atoms in total. The van der Waals surface area contributed by atoms with E-state index in [9.17, 15) is 0 Å². The van der Waals surface area contributed by atoms with Gasteiger partial charge in [0.25, 0.3) is 0 Å². The third kappa shape index (κ3) is 3.83. The van der Waals surface area contributed by atoms with Crippen LogP contribution in [0.2, 0.25) is 0 Å². The molecule has 0 atom stereocenters. The average molecular weight is 507 g/mol. The topological polar surface area (TPSA) is 37.7 Å². The summed E-state index contributed by atoms with van der Waals surface area (Å²) in [5.41, 5.74) is 7.84. The maximum Gasteiger partial charge on any atom is 0.115 e. The maximum atomic E-state index is 5.33. The maximum absolute atomic E-state index is 5.33. The molecule has 0 amide bonds. The number of anilines is 4. The van der Waals surface area contributed by atoms with Gasteiger partial charge in [-0.15, -0.1) is 0 Å². The first-order valence-electron chi connectivity index (χ1n) is 15.1. The molecule has 0 spiro atoms. The molecule has 38 heavy (non-hydrogen) atoms. The van der Waals surface area contributed by atoms with Gasteiger partial charge >= 0.3 is 0 Å². The van der Waals surface area contributed by atoms with Gasteiger partial charge < -0.3 is 19.6 Å². The first-order valence-corrected chi connectivity index (χ1v) is 15.1. The molecule has 0 bridgehead atoms. The molecule has 8 rings (SSSR count). The molecule has 6 heteroatoms. The lowest BCUT2D eigenvalue weighted by Gasteiger charge is -2.15. The molecule has 0 aliphatic carbocycles. The van der Waals surface area contributed by atoms with E-state index < -0.39 is 0 Å². The van der Waals surface area contributed by atoms with Crippen molar-refractivity contribution in [3.63, 3.8) is 0 Å². The van der Waals surface area contributed by atoms with Gasteiger partial charge in [-0.2, -0.15) is 0 Å². The normalized spacial score (nSPS) is 20.3. The van der Waals surface area contributed by atoms with Crippen molar-refractivity contribution in [3.05, 3.63) is 47.1 Å². The molecule has 4 saturated heterocycles. The highest BCUT2D eigenvalue weighted by Crippen LogP contribution is 2.41. The molecule has 4 aliphatic heterocycles. The predicted octanol–water partition coefficient (Wildman–Crippen LogP) is 5.46. The Morgan fingerprint density at radius 3 is 0.974 bits per heavy atom. The molecule has 4 aliphatic rings. The van der Waals surface area contributed by atoms with Crippen molar-refractivity contribution in [1.82, 2.24) is 0 Å². The zero-order valence-electron chi connectivity index (χ0n) is 22.5. The van der Waals surface area contributed by atoms with E-state index in [4.69, 9.17) is 9.98 Å². The van der Waals surface area contributed by atoms with Crippen LogP contribution < -0.4 is 30.3 Å². The quantitative estimate of drug-likeness (QED) is 0.348. The van der Waals surface area contributed by atoms with Gasteiger partial charge in [0, 0.05) is 63.1 Å². The fourth-order valence-electron chi connectivity index (χ4n) is 7.19. The van der Waals surface area contributed by atoms with Crippen LogP contribution in [0.5, 0.6) is 0 Å². The van der Waals surface area contributed by atoms with E-state index in [0.29, 0.717) is 0 Å². The lowest BCUT2D eigenvalue weighted by molar-refractivity contribution is 0.949. The third-order valence-electron chi connectivity index (χ3n) is 9.25. The number of nitrogens with zero attached hydrogens (tertiary/aromatic N) is 6. The molecular weight excluding hydrogens is 468 g/mol. The summed E-state index contributed by atoms with van der Waals surface area (Å²) >= 11 is 0. The van der Waals surface area contributed by atoms with Crippen LogP contribution in [0.4, 0.5) is 34.1 Å². The summed E-state index contributed by atoms with van der Waals surface area (Å²) in [6.07, 6.45) is 10.4. The Hall–Kier alpha value is -3.28. The Bertz CT molecular complexity index is 1330. The molecule has 0 saturated carbocycles. The highest BCUT2D eigenvalue weighted by molar-refractivity contribution is 6.01. The number of benzene rings is 2. The summed E-state index contributed by atoms with van der Waals surface area (Å²) in [4.78, 5) is 21.0. The zero-order valence-corrected chi connectivity index (χ0v) is 22.5. The van der Waals surface area contributed by atoms with Crippen molar-refractivity contribution in [2.45, 2.75) is 51.4 Å². The molecule has 4 aromatic carbocycles. The summed E-state index contributed by atoms with van der Waals surface area (Å²) in [5, 5.41) is 4.88. The molecule has 0 aromatic heterocycles. The minimum atomic E-state index is 1.08. The van der Waals surface area contributed by atoms with Crippen LogP contribution in [0, 0.1) is 0 Å². The van der Waals surface area contributed by atoms with Gasteiger partial charge in [0.05, 0.1) is 34.1 Å². The Morgan fingerprint density at radius 2 is 0.684 bits per heavy atom. The van der Waals surface area contributed by atoms with Crippen LogP contribution >= 0.6 is 0 Å². The highest BCUT2D eigenvalue weighted by atomic mass is 15.3. The lowest BCUT2D eigenvalue weighted by Crippen LogP contribution is -2.18. The van der Waals surface area contributed by atoms with E-state index in [1.54, 1.807) is 0 Å². The van der Waals surface area contributed by atoms with E-state index in [-0.39, 0.29) is 0 Å². The SMILES string of the molecule is c1ccc2c(N=c3c(N4CCCC4)c3N3CCCC3)ccc(N=c3c(N4CCCC4)c3N3CCCC3)c2c1. The number of hydrogen-bond acceptors (Lipinski definition) is 6. The van der Waals surface area contributed by atoms with Crippen LogP contribution in [0.1, 0.15) is 51.4 Å². The second-order valence-corrected chi connectivity index (χ2v) is 11.7. The summed E-state index contributed by atoms with van der Waals surface area (Å²) in [6.45, 7) is 9.40. The van der Waals surface area contributed by atoms with Crippen molar-refractivity contribution in [1.29, 1.82) is 0 Å². The van der Waals surface area contributed by atoms with Crippen LogP contribution in [0.15, 0.2) is 46.4 Å². The van der Waals surface area contributed by atoms with Crippen LogP contribution in [-0.4, -0.2) is 52.4 Å². The molecule has 0 radical (unpaired) electrons. The van der Waals surface area contributed by atoms with Crippen LogP contribution in [0.3, 0.4) is 0 Å². The van der Waals surface area contributed by atoms with Gasteiger partial charge in [-0.05, 0) is 63.5 Å².